The van der Waals surface area contributed by atoms with E-state index in [-0.39, 0.29) is 5.92 Å². The predicted octanol–water partition coefficient (Wildman–Crippen LogP) is 4.77. The Hall–Kier alpha value is -1.49. The average Bonchev–Trinajstić information content (AvgIpc) is 2.96. The third kappa shape index (κ3) is 3.23. The maximum atomic E-state index is 10.8. The fourth-order valence-electron chi connectivity index (χ4n) is 2.42. The molecule has 0 amide bonds. The molecule has 2 nitrogen and oxygen atoms in total. The number of benzene rings is 2. The molecule has 0 aliphatic heterocycles. The Morgan fingerprint density at radius 2 is 1.43 bits per heavy atom. The quantitative estimate of drug-likeness (QED) is 0.727. The monoisotopic (exact) mass is 359 g/mol. The summed E-state index contributed by atoms with van der Waals surface area (Å²) in [6.07, 6.45) is -0.661. The largest absolute Gasteiger partial charge is 0.385 e. The maximum Gasteiger partial charge on any atom is 0.124 e. The molecule has 0 radical (unpaired) electrons. The number of thiazole rings is 1. The lowest BCUT2D eigenvalue weighted by Crippen LogP contribution is -2.12. The summed E-state index contributed by atoms with van der Waals surface area (Å²) >= 11 is 4.82. The standard InChI is InChI=1S/C17H14BrNOS/c18-14-11-21-17(19-14)16(20)15(12-7-3-1-4-8-12)13-9-5-2-6-10-13/h1-11,15-16,20H. The van der Waals surface area contributed by atoms with E-state index in [2.05, 4.69) is 20.9 Å². The van der Waals surface area contributed by atoms with Crippen molar-refractivity contribution in [1.29, 1.82) is 0 Å². The molecule has 1 N–H and O–H groups in total. The summed E-state index contributed by atoms with van der Waals surface area (Å²) in [6, 6.07) is 20.1. The first-order valence-electron chi connectivity index (χ1n) is 6.64. The second kappa shape index (κ2) is 6.52. The minimum atomic E-state index is -0.661. The highest BCUT2D eigenvalue weighted by Crippen LogP contribution is 2.38. The van der Waals surface area contributed by atoms with Gasteiger partial charge in [-0.2, -0.15) is 0 Å². The van der Waals surface area contributed by atoms with Gasteiger partial charge < -0.3 is 5.11 Å². The molecule has 0 spiro atoms. The Labute approximate surface area is 136 Å². The van der Waals surface area contributed by atoms with Crippen LogP contribution in [0.2, 0.25) is 0 Å². The Balaban J connectivity index is 2.04. The Kier molecular flexibility index (Phi) is 4.48. The molecule has 1 unspecified atom stereocenters. The molecule has 0 fully saturated rings. The van der Waals surface area contributed by atoms with Crippen LogP contribution in [0.3, 0.4) is 0 Å². The van der Waals surface area contributed by atoms with Gasteiger partial charge in [0.1, 0.15) is 15.7 Å². The average molecular weight is 360 g/mol. The molecule has 0 saturated heterocycles. The van der Waals surface area contributed by atoms with E-state index in [9.17, 15) is 5.11 Å². The molecule has 0 aliphatic rings. The highest BCUT2D eigenvalue weighted by molar-refractivity contribution is 9.10. The Bertz CT molecular complexity index is 660. The van der Waals surface area contributed by atoms with Gasteiger partial charge in [-0.25, -0.2) is 4.98 Å². The van der Waals surface area contributed by atoms with Crippen molar-refractivity contribution in [1.82, 2.24) is 4.98 Å². The van der Waals surface area contributed by atoms with E-state index < -0.39 is 6.10 Å². The first kappa shape index (κ1) is 14.4. The predicted molar refractivity (Wildman–Crippen MR) is 89.5 cm³/mol. The van der Waals surface area contributed by atoms with Gasteiger partial charge >= 0.3 is 0 Å². The van der Waals surface area contributed by atoms with Gasteiger partial charge in [0, 0.05) is 11.3 Å². The van der Waals surface area contributed by atoms with Crippen LogP contribution in [0.15, 0.2) is 70.6 Å². The molecule has 1 aromatic heterocycles. The van der Waals surface area contributed by atoms with Gasteiger partial charge in [-0.05, 0) is 27.1 Å². The normalized spacial score (nSPS) is 12.5. The van der Waals surface area contributed by atoms with Crippen LogP contribution in [0.4, 0.5) is 0 Å². The van der Waals surface area contributed by atoms with Crippen molar-refractivity contribution in [2.45, 2.75) is 12.0 Å². The number of aromatic nitrogens is 1. The van der Waals surface area contributed by atoms with Crippen LogP contribution in [0.5, 0.6) is 0 Å². The van der Waals surface area contributed by atoms with E-state index in [0.29, 0.717) is 0 Å². The van der Waals surface area contributed by atoms with Crippen LogP contribution in [0.1, 0.15) is 28.2 Å². The van der Waals surface area contributed by atoms with Gasteiger partial charge in [0.2, 0.25) is 0 Å². The summed E-state index contributed by atoms with van der Waals surface area (Å²) in [7, 11) is 0. The van der Waals surface area contributed by atoms with E-state index >= 15 is 0 Å². The number of hydrogen-bond donors (Lipinski definition) is 1. The Morgan fingerprint density at radius 1 is 0.905 bits per heavy atom. The molecule has 4 heteroatoms. The van der Waals surface area contributed by atoms with Gasteiger partial charge in [-0.3, -0.25) is 0 Å². The van der Waals surface area contributed by atoms with Crippen LogP contribution < -0.4 is 0 Å². The number of nitrogens with zero attached hydrogens (tertiary/aromatic N) is 1. The number of rotatable bonds is 4. The van der Waals surface area contributed by atoms with Gasteiger partial charge in [-0.1, -0.05) is 60.7 Å². The topological polar surface area (TPSA) is 33.1 Å². The number of aliphatic hydroxyl groups is 1. The molecular formula is C17H14BrNOS. The Morgan fingerprint density at radius 3 is 1.86 bits per heavy atom. The molecule has 2 aromatic carbocycles. The summed E-state index contributed by atoms with van der Waals surface area (Å²) in [5, 5.41) is 13.4. The molecular weight excluding hydrogens is 346 g/mol. The summed E-state index contributed by atoms with van der Waals surface area (Å²) in [5.41, 5.74) is 2.17. The van der Waals surface area contributed by atoms with Crippen molar-refractivity contribution in [3.05, 3.63) is 86.8 Å². The van der Waals surface area contributed by atoms with Crippen molar-refractivity contribution in [2.24, 2.45) is 0 Å². The second-order valence-corrected chi connectivity index (χ2v) is 6.45. The molecule has 1 heterocycles. The molecule has 0 aliphatic carbocycles. The fraction of sp³-hybridized carbons (Fsp3) is 0.118. The van der Waals surface area contributed by atoms with Crippen LogP contribution in [0, 0.1) is 0 Å². The molecule has 0 bridgehead atoms. The third-order valence-corrected chi connectivity index (χ3v) is 5.00. The summed E-state index contributed by atoms with van der Waals surface area (Å²) in [5.74, 6) is -0.120. The number of halogens is 1. The zero-order valence-electron chi connectivity index (χ0n) is 11.2. The minimum absolute atomic E-state index is 0.120. The van der Waals surface area contributed by atoms with Crippen molar-refractivity contribution in [3.63, 3.8) is 0 Å². The van der Waals surface area contributed by atoms with Crippen LogP contribution in [-0.4, -0.2) is 10.1 Å². The smallest absolute Gasteiger partial charge is 0.124 e. The number of aliphatic hydroxyl groups excluding tert-OH is 1. The molecule has 3 aromatic rings. The lowest BCUT2D eigenvalue weighted by molar-refractivity contribution is 0.158. The van der Waals surface area contributed by atoms with Gasteiger partial charge in [-0.15, -0.1) is 11.3 Å². The first-order chi connectivity index (χ1) is 10.3. The molecule has 106 valence electrons. The SMILES string of the molecule is OC(c1nc(Br)cs1)C(c1ccccc1)c1ccccc1. The van der Waals surface area contributed by atoms with E-state index in [0.717, 1.165) is 20.7 Å². The van der Waals surface area contributed by atoms with Crippen molar-refractivity contribution >= 4 is 27.3 Å². The molecule has 21 heavy (non-hydrogen) atoms. The van der Waals surface area contributed by atoms with Gasteiger partial charge in [0.25, 0.3) is 0 Å². The molecule has 3 rings (SSSR count). The van der Waals surface area contributed by atoms with Crippen LogP contribution in [0.25, 0.3) is 0 Å². The van der Waals surface area contributed by atoms with Crippen molar-refractivity contribution in [3.8, 4) is 0 Å². The highest BCUT2D eigenvalue weighted by atomic mass is 79.9. The van der Waals surface area contributed by atoms with Gasteiger partial charge in [0.15, 0.2) is 0 Å². The fourth-order valence-corrected chi connectivity index (χ4v) is 3.71. The minimum Gasteiger partial charge on any atom is -0.385 e. The summed E-state index contributed by atoms with van der Waals surface area (Å²) in [6.45, 7) is 0. The molecule has 1 atom stereocenters. The number of hydrogen-bond acceptors (Lipinski definition) is 3. The first-order valence-corrected chi connectivity index (χ1v) is 8.32. The van der Waals surface area contributed by atoms with Crippen molar-refractivity contribution in [2.75, 3.05) is 0 Å². The second-order valence-electron chi connectivity index (χ2n) is 4.75. The zero-order chi connectivity index (χ0) is 14.7. The van der Waals surface area contributed by atoms with E-state index in [1.807, 2.05) is 66.0 Å². The van der Waals surface area contributed by atoms with E-state index in [1.54, 1.807) is 0 Å². The van der Waals surface area contributed by atoms with Crippen LogP contribution >= 0.6 is 27.3 Å². The van der Waals surface area contributed by atoms with Gasteiger partial charge in [0.05, 0.1) is 0 Å². The third-order valence-electron chi connectivity index (χ3n) is 3.38. The highest BCUT2D eigenvalue weighted by Gasteiger charge is 2.26. The lowest BCUT2D eigenvalue weighted by Gasteiger charge is -2.22. The summed E-state index contributed by atoms with van der Waals surface area (Å²) < 4.78 is 0.765. The van der Waals surface area contributed by atoms with Crippen molar-refractivity contribution < 1.29 is 5.11 Å². The van der Waals surface area contributed by atoms with E-state index in [4.69, 9.17) is 0 Å². The lowest BCUT2D eigenvalue weighted by atomic mass is 9.87. The maximum absolute atomic E-state index is 10.8. The molecule has 0 saturated carbocycles. The van der Waals surface area contributed by atoms with Crippen LogP contribution in [-0.2, 0) is 0 Å². The zero-order valence-corrected chi connectivity index (χ0v) is 13.6. The summed E-state index contributed by atoms with van der Waals surface area (Å²) in [4.78, 5) is 4.37. The van der Waals surface area contributed by atoms with E-state index in [1.165, 1.54) is 11.3 Å².